The Labute approximate surface area is 249 Å². The summed E-state index contributed by atoms with van der Waals surface area (Å²) in [5.74, 6) is 0. The third kappa shape index (κ3) is 3.61. The molecule has 2 aromatic heterocycles. The summed E-state index contributed by atoms with van der Waals surface area (Å²) in [5, 5.41) is 7.23. The summed E-state index contributed by atoms with van der Waals surface area (Å²) in [6, 6.07) is 43.2. The maximum atomic E-state index is 5.35. The monoisotopic (exact) mass is 549 g/mol. The van der Waals surface area contributed by atoms with Gasteiger partial charge in [-0.15, -0.1) is 0 Å². The first-order valence-corrected chi connectivity index (χ1v) is 14.9. The highest BCUT2D eigenvalue weighted by molar-refractivity contribution is 6.23. The van der Waals surface area contributed by atoms with Crippen LogP contribution in [0.4, 0.5) is 0 Å². The number of allylic oxidation sites excluding steroid dienone is 4. The molecule has 8 aromatic rings. The molecule has 0 spiro atoms. The number of benzene rings is 6. The van der Waals surface area contributed by atoms with Crippen molar-refractivity contribution in [2.24, 2.45) is 0 Å². The van der Waals surface area contributed by atoms with E-state index in [1.165, 1.54) is 49.4 Å². The van der Waals surface area contributed by atoms with Crippen molar-refractivity contribution in [3.63, 3.8) is 0 Å². The first-order valence-electron chi connectivity index (χ1n) is 14.9. The van der Waals surface area contributed by atoms with Crippen molar-refractivity contribution in [3.8, 4) is 11.3 Å². The number of hydrogen-bond acceptors (Lipinski definition) is 2. The summed E-state index contributed by atoms with van der Waals surface area (Å²) in [4.78, 5) is 10.4. The van der Waals surface area contributed by atoms with Crippen molar-refractivity contribution >= 4 is 65.7 Å². The number of nitrogens with zero attached hydrogens (tertiary/aromatic N) is 3. The first kappa shape index (κ1) is 24.1. The van der Waals surface area contributed by atoms with Crippen molar-refractivity contribution in [1.82, 2.24) is 14.5 Å². The van der Waals surface area contributed by atoms with Gasteiger partial charge in [-0.25, -0.2) is 4.98 Å². The zero-order chi connectivity index (χ0) is 28.3. The maximum Gasteiger partial charge on any atom is 0.0979 e. The molecule has 0 saturated carbocycles. The molecule has 202 valence electrons. The van der Waals surface area contributed by atoms with Gasteiger partial charge in [0.25, 0.3) is 0 Å². The SMILES string of the molecule is C1=C(c2ccccc2-c2cnc3c4ccccc4c4ccccc4c3n2)C(n2c3ccccc3c3ccccc32)=CCC1. The number of fused-ring (bicyclic) bond motifs is 9. The normalized spacial score (nSPS) is 13.7. The first-order chi connectivity index (χ1) is 21.4. The molecule has 3 nitrogen and oxygen atoms in total. The Morgan fingerprint density at radius 3 is 1.65 bits per heavy atom. The van der Waals surface area contributed by atoms with E-state index in [1.807, 2.05) is 6.20 Å². The van der Waals surface area contributed by atoms with Crippen molar-refractivity contribution in [1.29, 1.82) is 0 Å². The van der Waals surface area contributed by atoms with E-state index in [2.05, 4.69) is 138 Å². The van der Waals surface area contributed by atoms with Gasteiger partial charge in [-0.05, 0) is 41.3 Å². The second kappa shape index (κ2) is 9.50. The summed E-state index contributed by atoms with van der Waals surface area (Å²) >= 11 is 0. The van der Waals surface area contributed by atoms with E-state index < -0.39 is 0 Å². The minimum Gasteiger partial charge on any atom is -0.309 e. The lowest BCUT2D eigenvalue weighted by atomic mass is 9.91. The van der Waals surface area contributed by atoms with Crippen LogP contribution < -0.4 is 0 Å². The number of para-hydroxylation sites is 2. The molecule has 0 atom stereocenters. The van der Waals surface area contributed by atoms with Gasteiger partial charge in [0.05, 0.1) is 34.0 Å². The second-order valence-corrected chi connectivity index (χ2v) is 11.2. The van der Waals surface area contributed by atoms with Gasteiger partial charge in [-0.1, -0.05) is 121 Å². The largest absolute Gasteiger partial charge is 0.309 e. The predicted molar refractivity (Wildman–Crippen MR) is 181 cm³/mol. The smallest absolute Gasteiger partial charge is 0.0979 e. The molecule has 1 aliphatic carbocycles. The molecular weight excluding hydrogens is 522 g/mol. The van der Waals surface area contributed by atoms with Gasteiger partial charge >= 0.3 is 0 Å². The summed E-state index contributed by atoms with van der Waals surface area (Å²) in [5.41, 5.74) is 9.95. The molecule has 3 heteroatoms. The molecule has 0 bridgehead atoms. The standard InChI is InChI=1S/C40H27N3/c1-4-16-29(35-25-41-39-33-20-5-2-13-26(33)27-14-3-6-21-34(27)40(39)42-35)28(15-1)30-17-7-10-22-36(30)43-37-23-11-8-18-31(37)32-19-9-12-24-38(32)43/h1-6,8-9,11-25H,7,10H2. The van der Waals surface area contributed by atoms with E-state index in [-0.39, 0.29) is 0 Å². The van der Waals surface area contributed by atoms with Gasteiger partial charge in [0.1, 0.15) is 0 Å². The third-order valence-corrected chi connectivity index (χ3v) is 8.87. The number of hydrogen-bond donors (Lipinski definition) is 0. The van der Waals surface area contributed by atoms with Crippen LogP contribution in [0.3, 0.4) is 0 Å². The van der Waals surface area contributed by atoms with E-state index >= 15 is 0 Å². The zero-order valence-electron chi connectivity index (χ0n) is 23.5. The third-order valence-electron chi connectivity index (χ3n) is 8.87. The van der Waals surface area contributed by atoms with Gasteiger partial charge < -0.3 is 4.57 Å². The highest BCUT2D eigenvalue weighted by atomic mass is 15.0. The van der Waals surface area contributed by atoms with Crippen LogP contribution in [0, 0.1) is 0 Å². The Bertz CT molecular complexity index is 2370. The minimum atomic E-state index is 0.886. The minimum absolute atomic E-state index is 0.886. The van der Waals surface area contributed by atoms with E-state index in [0.717, 1.165) is 45.9 Å². The van der Waals surface area contributed by atoms with Gasteiger partial charge in [-0.3, -0.25) is 4.98 Å². The molecule has 1 aliphatic rings. The molecule has 0 fully saturated rings. The van der Waals surface area contributed by atoms with Crippen LogP contribution in [0.15, 0.2) is 140 Å². The summed E-state index contributed by atoms with van der Waals surface area (Å²) in [6.07, 6.45) is 8.77. The van der Waals surface area contributed by atoms with E-state index in [9.17, 15) is 0 Å². The van der Waals surface area contributed by atoms with Gasteiger partial charge in [0, 0.05) is 38.4 Å². The van der Waals surface area contributed by atoms with Gasteiger partial charge in [0.2, 0.25) is 0 Å². The fraction of sp³-hybridized carbons (Fsp3) is 0.0500. The van der Waals surface area contributed by atoms with Crippen molar-refractivity contribution in [3.05, 3.63) is 145 Å². The summed E-state index contributed by atoms with van der Waals surface area (Å²) < 4.78 is 2.44. The lowest BCUT2D eigenvalue weighted by Gasteiger charge is -2.22. The Kier molecular flexibility index (Phi) is 5.32. The Morgan fingerprint density at radius 2 is 0.977 bits per heavy atom. The molecule has 43 heavy (non-hydrogen) atoms. The van der Waals surface area contributed by atoms with Crippen molar-refractivity contribution in [2.45, 2.75) is 12.8 Å². The van der Waals surface area contributed by atoms with Crippen LogP contribution in [-0.2, 0) is 0 Å². The quantitative estimate of drug-likeness (QED) is 0.205. The van der Waals surface area contributed by atoms with Crippen LogP contribution in [0.25, 0.3) is 76.9 Å². The molecule has 0 unspecified atom stereocenters. The van der Waals surface area contributed by atoms with Crippen LogP contribution in [-0.4, -0.2) is 14.5 Å². The van der Waals surface area contributed by atoms with Gasteiger partial charge in [-0.2, -0.15) is 0 Å². The Hall–Kier alpha value is -5.54. The van der Waals surface area contributed by atoms with Crippen LogP contribution in [0.2, 0.25) is 0 Å². The molecule has 0 amide bonds. The molecule has 0 saturated heterocycles. The lowest BCUT2D eigenvalue weighted by molar-refractivity contribution is 1.02. The average molecular weight is 550 g/mol. The molecule has 9 rings (SSSR count). The van der Waals surface area contributed by atoms with Crippen LogP contribution >= 0.6 is 0 Å². The topological polar surface area (TPSA) is 30.7 Å². The lowest BCUT2D eigenvalue weighted by Crippen LogP contribution is -2.04. The van der Waals surface area contributed by atoms with E-state index in [1.54, 1.807) is 0 Å². The van der Waals surface area contributed by atoms with Crippen LogP contribution in [0.1, 0.15) is 18.4 Å². The summed E-state index contributed by atoms with van der Waals surface area (Å²) in [6.45, 7) is 0. The zero-order valence-corrected chi connectivity index (χ0v) is 23.5. The Balaban J connectivity index is 1.27. The fourth-order valence-electron chi connectivity index (χ4n) is 7.00. The Morgan fingerprint density at radius 1 is 0.465 bits per heavy atom. The molecular formula is C40H27N3. The average Bonchev–Trinajstić information content (AvgIpc) is 3.42. The number of aromatic nitrogens is 3. The maximum absolute atomic E-state index is 5.35. The highest BCUT2D eigenvalue weighted by Crippen LogP contribution is 2.42. The van der Waals surface area contributed by atoms with Crippen molar-refractivity contribution < 1.29 is 0 Å². The molecule has 0 N–H and O–H groups in total. The van der Waals surface area contributed by atoms with E-state index in [4.69, 9.17) is 9.97 Å². The molecule has 2 heterocycles. The summed E-state index contributed by atoms with van der Waals surface area (Å²) in [7, 11) is 0. The molecule has 6 aromatic carbocycles. The van der Waals surface area contributed by atoms with Gasteiger partial charge in [0.15, 0.2) is 0 Å². The second-order valence-electron chi connectivity index (χ2n) is 11.2. The fourth-order valence-corrected chi connectivity index (χ4v) is 7.00. The highest BCUT2D eigenvalue weighted by Gasteiger charge is 2.22. The molecule has 0 radical (unpaired) electrons. The van der Waals surface area contributed by atoms with E-state index in [0.29, 0.717) is 0 Å². The molecule has 0 aliphatic heterocycles. The predicted octanol–water partition coefficient (Wildman–Crippen LogP) is 10.4. The van der Waals surface area contributed by atoms with Crippen molar-refractivity contribution in [2.75, 3.05) is 0 Å². The number of rotatable bonds is 3. The van der Waals surface area contributed by atoms with Crippen LogP contribution in [0.5, 0.6) is 0 Å².